The van der Waals surface area contributed by atoms with Gasteiger partial charge >= 0.3 is 0 Å². The predicted molar refractivity (Wildman–Crippen MR) is 367 cm³/mol. The molecule has 0 aromatic carbocycles. The first kappa shape index (κ1) is 92.6. The van der Waals surface area contributed by atoms with Crippen LogP contribution in [0.25, 0.3) is 0 Å². The van der Waals surface area contributed by atoms with Crippen LogP contribution < -0.4 is 32.3 Å². The number of ether oxygens (including phenoxy) is 4. The number of nitriles is 2. The van der Waals surface area contributed by atoms with Gasteiger partial charge in [0.1, 0.15) is 125 Å². The number of alkyl halides is 1. The summed E-state index contributed by atoms with van der Waals surface area (Å²) in [6, 6.07) is 3.73. The summed E-state index contributed by atoms with van der Waals surface area (Å²) in [5, 5.41) is 187. The number of thioether (sulfide) groups is 6. The van der Waals surface area contributed by atoms with E-state index >= 15 is 0 Å². The van der Waals surface area contributed by atoms with Gasteiger partial charge in [-0.25, -0.2) is 0 Å². The number of carbonyl (C=O) groups excluding carboxylic acids is 6. The van der Waals surface area contributed by atoms with Crippen molar-refractivity contribution in [3.8, 4) is 12.1 Å². The summed E-state index contributed by atoms with van der Waals surface area (Å²) in [7, 11) is 0. The first-order valence-electron chi connectivity index (χ1n) is 31.5. The second kappa shape index (κ2) is 53.3. The quantitative estimate of drug-likeness (QED) is 0.0202. The number of halogens is 1. The van der Waals surface area contributed by atoms with Gasteiger partial charge in [0.25, 0.3) is 0 Å². The van der Waals surface area contributed by atoms with Crippen LogP contribution in [-0.2, 0) is 47.7 Å². The molecule has 0 radical (unpaired) electrons. The minimum Gasteiger partial charge on any atom is -0.394 e. The summed E-state index contributed by atoms with van der Waals surface area (Å²) in [6.07, 6.45) is -19.3. The normalized spacial score (nSPS) is 30.4. The number of carbonyl (C=O) groups is 6. The number of hydrogen-bond acceptors (Lipinski definition) is 37. The third kappa shape index (κ3) is 35.4. The van der Waals surface area contributed by atoms with Crippen molar-refractivity contribution in [2.75, 3.05) is 151 Å². The second-order valence-electron chi connectivity index (χ2n) is 22.2. The zero-order chi connectivity index (χ0) is 74.0. The van der Waals surface area contributed by atoms with Gasteiger partial charge in [0.2, 0.25) is 29.5 Å². The van der Waals surface area contributed by atoms with E-state index in [-0.39, 0.29) is 72.8 Å². The van der Waals surface area contributed by atoms with E-state index in [2.05, 4.69) is 26.6 Å². The molecule has 43 heteroatoms. The lowest BCUT2D eigenvalue weighted by atomic mass is 10.0. The molecule has 20 unspecified atom stereocenters. The van der Waals surface area contributed by atoms with Crippen LogP contribution >= 0.6 is 82.2 Å². The van der Waals surface area contributed by atoms with Crippen molar-refractivity contribution in [3.63, 3.8) is 0 Å². The molecule has 572 valence electrons. The van der Waals surface area contributed by atoms with Crippen molar-refractivity contribution in [1.82, 2.24) is 36.4 Å². The number of amides is 5. The van der Waals surface area contributed by atoms with E-state index in [0.717, 1.165) is 65.6 Å². The maximum Gasteiger partial charge on any atom is 0.230 e. The van der Waals surface area contributed by atoms with E-state index in [9.17, 15) is 110 Å². The number of nitrogens with one attached hydrogen (secondary N) is 5. The van der Waals surface area contributed by atoms with Gasteiger partial charge in [-0.2, -0.15) is 10.5 Å². The molecule has 5 fully saturated rings. The Bertz CT molecular complexity index is 2280. The Morgan fingerprint density at radius 1 is 0.485 bits per heavy atom. The molecule has 0 aliphatic carbocycles. The van der Waals surface area contributed by atoms with E-state index < -0.39 is 158 Å². The minimum atomic E-state index is -1.55. The maximum atomic E-state index is 12.5. The average molecular weight is 1560 g/mol. The van der Waals surface area contributed by atoms with Crippen LogP contribution in [0.3, 0.4) is 0 Å². The summed E-state index contributed by atoms with van der Waals surface area (Å²) in [4.78, 5) is 75.7. The van der Waals surface area contributed by atoms with Gasteiger partial charge in [0.15, 0.2) is 5.12 Å². The smallest absolute Gasteiger partial charge is 0.230 e. The summed E-state index contributed by atoms with van der Waals surface area (Å²) in [5.74, 6) is 0.0730. The Labute approximate surface area is 603 Å². The molecule has 99 heavy (non-hydrogen) atoms. The number of nitrogens with two attached hydrogens (primary N) is 1. The Balaban J connectivity index is 0.000000597. The molecular weight excluding hydrogens is 1460 g/mol. The molecule has 0 saturated carbocycles. The molecule has 0 aromatic heterocycles. The van der Waals surface area contributed by atoms with Crippen LogP contribution in [0.1, 0.15) is 25.7 Å². The van der Waals surface area contributed by atoms with Crippen LogP contribution in [-0.4, -0.2) is 397 Å². The highest BCUT2D eigenvalue weighted by atomic mass is 35.5. The monoisotopic (exact) mass is 1550 g/mol. The molecule has 5 rings (SSSR count). The Morgan fingerprint density at radius 2 is 0.778 bits per heavy atom. The largest absolute Gasteiger partial charge is 0.394 e. The first-order valence-corrected chi connectivity index (χ1v) is 38.3. The molecule has 5 saturated heterocycles. The lowest BCUT2D eigenvalue weighted by Gasteiger charge is -2.39. The third-order valence-corrected chi connectivity index (χ3v) is 21.5. The highest BCUT2D eigenvalue weighted by Crippen LogP contribution is 2.32. The van der Waals surface area contributed by atoms with Crippen LogP contribution in [0.15, 0.2) is 0 Å². The Kier molecular flexibility index (Phi) is 49.8. The van der Waals surface area contributed by atoms with Crippen molar-refractivity contribution in [3.05, 3.63) is 0 Å². The number of hydrogen-bond donors (Lipinski definition) is 22. The fourth-order valence-corrected chi connectivity index (χ4v) is 14.7. The highest BCUT2D eigenvalue weighted by molar-refractivity contribution is 8.14. The van der Waals surface area contributed by atoms with Crippen LogP contribution in [0.5, 0.6) is 0 Å². The second-order valence-corrected chi connectivity index (χ2v) is 29.1. The van der Waals surface area contributed by atoms with Crippen molar-refractivity contribution in [2.45, 2.75) is 145 Å². The topological polar surface area (TPSA) is 603 Å². The van der Waals surface area contributed by atoms with E-state index in [1.807, 2.05) is 15.9 Å². The van der Waals surface area contributed by atoms with E-state index in [1.165, 1.54) is 23.5 Å². The highest BCUT2D eigenvalue weighted by Gasteiger charge is 2.47. The molecule has 20 atom stereocenters. The predicted octanol–water partition coefficient (Wildman–Crippen LogP) is -9.93. The van der Waals surface area contributed by atoms with Gasteiger partial charge in [0, 0.05) is 97.1 Å². The average Bonchev–Trinajstić information content (AvgIpc) is 1.05. The third-order valence-electron chi connectivity index (χ3n) is 14.8. The lowest BCUT2D eigenvalue weighted by Crippen LogP contribution is -2.57. The number of aliphatic hydroxyl groups is 16. The van der Waals surface area contributed by atoms with Crippen molar-refractivity contribution >= 4 is 117 Å². The van der Waals surface area contributed by atoms with Gasteiger partial charge in [-0.15, -0.1) is 70.4 Å². The zero-order valence-corrected chi connectivity index (χ0v) is 59.9. The van der Waals surface area contributed by atoms with Gasteiger partial charge in [0.05, 0.1) is 67.3 Å². The van der Waals surface area contributed by atoms with Crippen LogP contribution in [0, 0.1) is 22.7 Å². The number of nitrogens with zero attached hydrogens (tertiary/aromatic N) is 4. The van der Waals surface area contributed by atoms with Gasteiger partial charge in [-0.1, -0.05) is 11.8 Å². The summed E-state index contributed by atoms with van der Waals surface area (Å²) < 4.78 is 21.5. The Hall–Kier alpha value is -2.53. The van der Waals surface area contributed by atoms with E-state index in [0.29, 0.717) is 81.8 Å². The zero-order valence-electron chi connectivity index (χ0n) is 54.3. The molecule has 5 aliphatic rings. The standard InChI is InChI=1S/C28H49N5O13S3.C22H42N4O12S2.C4H6OS.C2H2ClN/c29-3-11-47-10-1-2-18(36)30-4-7-33(8-5-31-19(37)14-48-27-25(43)23(41)21(39)16(12-34)45-27)9-6-32-20(38)15-49-28-26(44)24(42)22(40)17(13-35)46-28;23-1-4-26(5-2-24-13(29)9-39-21-19(35)17(33)15(31)11(7-27)37-21)6-3-25-14(30)10-40-22-20(36)18(34)16(32)12(8-28)38-22;5-4-2-1-3-6-4;3-1-2-4/h16-17,21-28,34-35,39-44H,1-2,4-15H2,(H,30,36)(H,31,37)(H,32,38);11-12,15-22,27-28,31-36H,1-10,23H2,(H,24,29)(H,25,30);1-3H2;1H2. The molecule has 5 heterocycles. The fourth-order valence-electron chi connectivity index (χ4n) is 9.29. The van der Waals surface area contributed by atoms with Gasteiger partial charge < -0.3 is 133 Å². The lowest BCUT2D eigenvalue weighted by molar-refractivity contribution is -0.205. The van der Waals surface area contributed by atoms with Gasteiger partial charge in [-0.3, -0.25) is 38.6 Å². The first-order chi connectivity index (χ1) is 47.3. The molecule has 0 aromatic rings. The minimum absolute atomic E-state index is 0.0955. The molecule has 0 spiro atoms. The number of aliphatic hydroxyl groups excluding tert-OH is 16. The molecule has 5 aliphatic heterocycles. The molecule has 0 bridgehead atoms. The van der Waals surface area contributed by atoms with E-state index in [4.69, 9.17) is 46.8 Å². The SMILES string of the molecule is N#CCCl.N#CCSCCCC(=O)NCCN(CCNC(=O)CSC1OC(CO)C(O)C(O)C1O)CCNC(=O)CSC1OC(CO)C(O)C(O)C1O.NCCN(CCNC(=O)CSC1OC(CO)C(O)C(O)C1O)CCNC(=O)CSC1OC(CO)C(O)C(O)C1O.O=C1CCCS1. The van der Waals surface area contributed by atoms with E-state index in [1.54, 1.807) is 6.07 Å². The van der Waals surface area contributed by atoms with Crippen molar-refractivity contribution < 1.29 is 129 Å². The fraction of sp³-hybridized carbons (Fsp3) is 0.857. The van der Waals surface area contributed by atoms with Crippen LogP contribution in [0.4, 0.5) is 0 Å². The maximum absolute atomic E-state index is 12.5. The molecular formula is C56H99ClN10O26S6. The van der Waals surface area contributed by atoms with Crippen molar-refractivity contribution in [2.24, 2.45) is 5.73 Å². The van der Waals surface area contributed by atoms with Crippen LogP contribution in [0.2, 0.25) is 0 Å². The molecule has 36 nitrogen and oxygen atoms in total. The Morgan fingerprint density at radius 3 is 1.01 bits per heavy atom. The summed E-state index contributed by atoms with van der Waals surface area (Å²) in [5.41, 5.74) is 1.56. The molecule has 23 N–H and O–H groups in total. The molecule has 5 amide bonds. The van der Waals surface area contributed by atoms with Crippen molar-refractivity contribution in [1.29, 1.82) is 10.5 Å². The van der Waals surface area contributed by atoms with Gasteiger partial charge in [-0.05, 0) is 18.6 Å². The summed E-state index contributed by atoms with van der Waals surface area (Å²) >= 11 is 11.4. The summed E-state index contributed by atoms with van der Waals surface area (Å²) in [6.45, 7) is 1.75. The number of rotatable bonds is 38.